The van der Waals surface area contributed by atoms with Crippen LogP contribution in [-0.2, 0) is 13.0 Å². The number of nitrogens with one attached hydrogen (secondary N) is 2. The molecule has 0 radical (unpaired) electrons. The van der Waals surface area contributed by atoms with Crippen LogP contribution in [0.1, 0.15) is 21.5 Å². The van der Waals surface area contributed by atoms with Crippen LogP contribution in [0.3, 0.4) is 0 Å². The number of aliphatic hydroxyl groups is 1. The number of rotatable bonds is 12. The molecule has 39 heavy (non-hydrogen) atoms. The van der Waals surface area contributed by atoms with E-state index in [0.29, 0.717) is 24.4 Å². The summed E-state index contributed by atoms with van der Waals surface area (Å²) in [4.78, 5) is 16.0. The zero-order valence-corrected chi connectivity index (χ0v) is 22.2. The topological polar surface area (TPSA) is 88.5 Å². The molecule has 2 aromatic heterocycles. The van der Waals surface area contributed by atoms with Gasteiger partial charge in [-0.15, -0.1) is 0 Å². The van der Waals surface area contributed by atoms with Crippen molar-refractivity contribution in [2.24, 2.45) is 0 Å². The highest BCUT2D eigenvalue weighted by molar-refractivity contribution is 6.07. The largest absolute Gasteiger partial charge is 0.497 e. The molecule has 7 heteroatoms. The highest BCUT2D eigenvalue weighted by atomic mass is 16.5. The van der Waals surface area contributed by atoms with Gasteiger partial charge in [0.05, 0.1) is 20.3 Å². The number of allylic oxidation sites excluding steroid dienone is 1. The molecule has 0 saturated heterocycles. The van der Waals surface area contributed by atoms with Gasteiger partial charge in [0.25, 0.3) is 0 Å². The number of carbonyl (C=O) groups is 1. The Bertz CT molecular complexity index is 1600. The number of hydrogen-bond acceptors (Lipinski definition) is 5. The van der Waals surface area contributed by atoms with Gasteiger partial charge in [-0.2, -0.15) is 0 Å². The van der Waals surface area contributed by atoms with E-state index in [1.54, 1.807) is 44.6 Å². The van der Waals surface area contributed by atoms with Gasteiger partial charge in [-0.25, -0.2) is 0 Å². The minimum Gasteiger partial charge on any atom is -0.497 e. The molecule has 1 atom stereocenters. The maximum absolute atomic E-state index is 12.7. The minimum atomic E-state index is -0.568. The number of H-pyrrole nitrogens is 1. The third-order valence-electron chi connectivity index (χ3n) is 6.94. The Balaban J connectivity index is 1.20. The molecule has 3 aromatic carbocycles. The van der Waals surface area contributed by atoms with Crippen LogP contribution >= 0.6 is 0 Å². The number of benzene rings is 3. The Morgan fingerprint density at radius 1 is 1.03 bits per heavy atom. The average molecular weight is 524 g/mol. The monoisotopic (exact) mass is 523 g/mol. The second-order valence-corrected chi connectivity index (χ2v) is 9.51. The van der Waals surface area contributed by atoms with Crippen molar-refractivity contribution in [3.8, 4) is 11.5 Å². The molecule has 3 N–H and O–H groups in total. The summed E-state index contributed by atoms with van der Waals surface area (Å²) in [5.41, 5.74) is 4.84. The van der Waals surface area contributed by atoms with E-state index in [1.807, 2.05) is 65.5 Å². The van der Waals surface area contributed by atoms with Gasteiger partial charge < -0.3 is 29.4 Å². The molecule has 5 rings (SSSR count). The van der Waals surface area contributed by atoms with E-state index in [2.05, 4.69) is 10.3 Å². The molecule has 2 heterocycles. The smallest absolute Gasteiger partial charge is 0.185 e. The van der Waals surface area contributed by atoms with Gasteiger partial charge in [0.15, 0.2) is 5.78 Å². The number of nitrogens with zero attached hydrogens (tertiary/aromatic N) is 1. The first-order chi connectivity index (χ1) is 19.1. The maximum atomic E-state index is 12.7. The van der Waals surface area contributed by atoms with E-state index in [1.165, 1.54) is 5.56 Å². The summed E-state index contributed by atoms with van der Waals surface area (Å²) in [6, 6.07) is 21.1. The van der Waals surface area contributed by atoms with Crippen molar-refractivity contribution in [1.82, 2.24) is 14.9 Å². The molecule has 200 valence electrons. The van der Waals surface area contributed by atoms with Crippen LogP contribution in [0.2, 0.25) is 0 Å². The summed E-state index contributed by atoms with van der Waals surface area (Å²) in [7, 11) is 3.27. The summed E-state index contributed by atoms with van der Waals surface area (Å²) < 4.78 is 12.6. The molecular weight excluding hydrogens is 490 g/mol. The molecule has 0 aliphatic rings. The van der Waals surface area contributed by atoms with Crippen molar-refractivity contribution in [3.63, 3.8) is 0 Å². The summed E-state index contributed by atoms with van der Waals surface area (Å²) in [6.07, 6.45) is 7.72. The second kappa shape index (κ2) is 12.0. The fraction of sp³-hybridized carbons (Fsp3) is 0.219. The van der Waals surface area contributed by atoms with E-state index < -0.39 is 6.10 Å². The molecule has 0 saturated carbocycles. The third-order valence-corrected chi connectivity index (χ3v) is 6.94. The molecule has 1 unspecified atom stereocenters. The number of hydrogen-bond donors (Lipinski definition) is 3. The lowest BCUT2D eigenvalue weighted by Crippen LogP contribution is -2.31. The molecule has 7 nitrogen and oxygen atoms in total. The van der Waals surface area contributed by atoms with Crippen LogP contribution in [0.25, 0.3) is 27.9 Å². The Kier molecular flexibility index (Phi) is 8.10. The first-order valence-corrected chi connectivity index (χ1v) is 13.0. The van der Waals surface area contributed by atoms with Crippen molar-refractivity contribution < 1.29 is 19.4 Å². The van der Waals surface area contributed by atoms with E-state index >= 15 is 0 Å². The van der Waals surface area contributed by atoms with E-state index in [9.17, 15) is 9.90 Å². The predicted molar refractivity (Wildman–Crippen MR) is 156 cm³/mol. The average Bonchev–Trinajstić information content (AvgIpc) is 3.54. The zero-order valence-electron chi connectivity index (χ0n) is 22.2. The van der Waals surface area contributed by atoms with Gasteiger partial charge in [0, 0.05) is 58.4 Å². The molecular formula is C32H33N3O4. The van der Waals surface area contributed by atoms with Gasteiger partial charge >= 0.3 is 0 Å². The molecule has 0 aliphatic carbocycles. The Morgan fingerprint density at radius 3 is 2.59 bits per heavy atom. The van der Waals surface area contributed by atoms with Crippen molar-refractivity contribution >= 4 is 33.7 Å². The van der Waals surface area contributed by atoms with E-state index in [-0.39, 0.29) is 5.78 Å². The lowest BCUT2D eigenvalue weighted by molar-refractivity contribution is 0.104. The van der Waals surface area contributed by atoms with Gasteiger partial charge in [-0.3, -0.25) is 4.79 Å². The van der Waals surface area contributed by atoms with Crippen LogP contribution in [0.4, 0.5) is 0 Å². The van der Waals surface area contributed by atoms with Gasteiger partial charge in [0.1, 0.15) is 11.5 Å². The normalized spacial score (nSPS) is 12.4. The lowest BCUT2D eigenvalue weighted by Gasteiger charge is -2.14. The quantitative estimate of drug-likeness (QED) is 0.118. The third kappa shape index (κ3) is 6.06. The second-order valence-electron chi connectivity index (χ2n) is 9.51. The number of ketones is 1. The Labute approximate surface area is 227 Å². The zero-order chi connectivity index (χ0) is 27.2. The van der Waals surface area contributed by atoms with E-state index in [4.69, 9.17) is 9.47 Å². The highest BCUT2D eigenvalue weighted by Gasteiger charge is 2.12. The SMILES string of the molecule is COc1ccc(C(=O)/C=C/c2cn(CC(O)CNCCc3c[nH]c4ccc(OC)cc34)c3ccccc23)cc1. The summed E-state index contributed by atoms with van der Waals surface area (Å²) >= 11 is 0. The van der Waals surface area contributed by atoms with Crippen LogP contribution in [0, 0.1) is 0 Å². The van der Waals surface area contributed by atoms with Crippen LogP contribution in [-0.4, -0.2) is 53.9 Å². The molecule has 0 bridgehead atoms. The van der Waals surface area contributed by atoms with E-state index in [0.717, 1.165) is 46.1 Å². The fourth-order valence-corrected chi connectivity index (χ4v) is 4.85. The number of aromatic amines is 1. The summed E-state index contributed by atoms with van der Waals surface area (Å²) in [5.74, 6) is 1.47. The molecule has 0 fully saturated rings. The lowest BCUT2D eigenvalue weighted by atomic mass is 10.1. The number of fused-ring (bicyclic) bond motifs is 2. The molecule has 0 aliphatic heterocycles. The standard InChI is InChI=1S/C32H33N3O4/c1-38-26-10-7-22(8-11-26)32(37)14-9-24-20-35(31-6-4-3-5-28(24)31)21-25(36)19-33-16-15-23-18-34-30-13-12-27(39-2)17-29(23)30/h3-14,17-18,20,25,33-34,36H,15-16,19,21H2,1-2H3/b14-9+. The highest BCUT2D eigenvalue weighted by Crippen LogP contribution is 2.25. The van der Waals surface area contributed by atoms with Gasteiger partial charge in [-0.05, 0) is 79.2 Å². The Morgan fingerprint density at radius 2 is 1.79 bits per heavy atom. The van der Waals surface area contributed by atoms with Crippen LogP contribution < -0.4 is 14.8 Å². The van der Waals surface area contributed by atoms with Crippen molar-refractivity contribution in [2.45, 2.75) is 19.1 Å². The first-order valence-electron chi connectivity index (χ1n) is 13.0. The van der Waals surface area contributed by atoms with Gasteiger partial charge in [0.2, 0.25) is 0 Å². The van der Waals surface area contributed by atoms with Crippen molar-refractivity contribution in [3.05, 3.63) is 102 Å². The minimum absolute atomic E-state index is 0.0765. The van der Waals surface area contributed by atoms with Crippen LogP contribution in [0.15, 0.2) is 85.2 Å². The fourth-order valence-electron chi connectivity index (χ4n) is 4.85. The van der Waals surface area contributed by atoms with Crippen molar-refractivity contribution in [1.29, 1.82) is 0 Å². The number of para-hydroxylation sites is 1. The molecule has 0 spiro atoms. The maximum Gasteiger partial charge on any atom is 0.185 e. The molecule has 5 aromatic rings. The predicted octanol–water partition coefficient (Wildman–Crippen LogP) is 5.23. The first kappa shape index (κ1) is 26.3. The number of methoxy groups -OCH3 is 2. The van der Waals surface area contributed by atoms with Crippen LogP contribution in [0.5, 0.6) is 11.5 Å². The number of aliphatic hydroxyl groups excluding tert-OH is 1. The summed E-state index contributed by atoms with van der Waals surface area (Å²) in [5, 5.41) is 16.4. The van der Waals surface area contributed by atoms with Gasteiger partial charge in [-0.1, -0.05) is 18.2 Å². The Hall–Kier alpha value is -4.33. The molecule has 0 amide bonds. The number of ether oxygens (including phenoxy) is 2. The number of carbonyl (C=O) groups excluding carboxylic acids is 1. The summed E-state index contributed by atoms with van der Waals surface area (Å²) in [6.45, 7) is 1.66. The van der Waals surface area contributed by atoms with Crippen molar-refractivity contribution in [2.75, 3.05) is 27.3 Å². The number of aromatic nitrogens is 2.